The first-order valence-corrected chi connectivity index (χ1v) is 6.58. The standard InChI is InChI=1S/C13H26N2O2/c1-10-4-6-11(7-5-10)17-9-8-13(2,15-3)12(14)16/h10-11,15H,4-9H2,1-3H3,(H2,14,16). The zero-order chi connectivity index (χ0) is 12.9. The van der Waals surface area contributed by atoms with Gasteiger partial charge in [-0.3, -0.25) is 4.79 Å². The highest BCUT2D eigenvalue weighted by Crippen LogP contribution is 2.25. The molecule has 0 heterocycles. The molecule has 1 aliphatic rings. The van der Waals surface area contributed by atoms with E-state index in [0.29, 0.717) is 19.1 Å². The van der Waals surface area contributed by atoms with Crippen molar-refractivity contribution >= 4 is 5.91 Å². The minimum absolute atomic E-state index is 0.319. The summed E-state index contributed by atoms with van der Waals surface area (Å²) >= 11 is 0. The van der Waals surface area contributed by atoms with Crippen LogP contribution in [0.2, 0.25) is 0 Å². The summed E-state index contributed by atoms with van der Waals surface area (Å²) in [6.07, 6.45) is 5.81. The Bertz CT molecular complexity index is 250. The zero-order valence-electron chi connectivity index (χ0n) is 11.3. The lowest BCUT2D eigenvalue weighted by Crippen LogP contribution is -2.52. The minimum Gasteiger partial charge on any atom is -0.378 e. The number of rotatable bonds is 6. The van der Waals surface area contributed by atoms with Crippen molar-refractivity contribution in [3.05, 3.63) is 0 Å². The highest BCUT2D eigenvalue weighted by molar-refractivity contribution is 5.84. The lowest BCUT2D eigenvalue weighted by atomic mass is 9.89. The second-order valence-corrected chi connectivity index (χ2v) is 5.45. The Morgan fingerprint density at radius 3 is 2.47 bits per heavy atom. The highest BCUT2D eigenvalue weighted by atomic mass is 16.5. The van der Waals surface area contributed by atoms with Gasteiger partial charge in [0.15, 0.2) is 0 Å². The number of hydrogen-bond donors (Lipinski definition) is 2. The Balaban J connectivity index is 2.25. The van der Waals surface area contributed by atoms with Crippen LogP contribution in [0.5, 0.6) is 0 Å². The molecule has 1 fully saturated rings. The van der Waals surface area contributed by atoms with E-state index in [-0.39, 0.29) is 5.91 Å². The van der Waals surface area contributed by atoms with Gasteiger partial charge in [0.25, 0.3) is 0 Å². The van der Waals surface area contributed by atoms with Crippen molar-refractivity contribution < 1.29 is 9.53 Å². The molecule has 1 atom stereocenters. The van der Waals surface area contributed by atoms with Crippen LogP contribution in [0.4, 0.5) is 0 Å². The average molecular weight is 242 g/mol. The number of amides is 1. The third kappa shape index (κ3) is 4.28. The molecule has 1 amide bonds. The molecular formula is C13H26N2O2. The second kappa shape index (κ2) is 6.36. The molecule has 1 rings (SSSR count). The Morgan fingerprint density at radius 2 is 2.00 bits per heavy atom. The maximum Gasteiger partial charge on any atom is 0.237 e. The molecule has 0 aromatic rings. The number of carbonyl (C=O) groups is 1. The van der Waals surface area contributed by atoms with E-state index in [1.54, 1.807) is 7.05 Å². The van der Waals surface area contributed by atoms with Gasteiger partial charge in [-0.05, 0) is 52.0 Å². The van der Waals surface area contributed by atoms with Crippen LogP contribution in [0.15, 0.2) is 0 Å². The van der Waals surface area contributed by atoms with Crippen LogP contribution in [0.1, 0.15) is 46.0 Å². The molecule has 1 unspecified atom stereocenters. The number of carbonyl (C=O) groups excluding carboxylic acids is 1. The van der Waals surface area contributed by atoms with Crippen LogP contribution >= 0.6 is 0 Å². The second-order valence-electron chi connectivity index (χ2n) is 5.45. The van der Waals surface area contributed by atoms with E-state index in [1.807, 2.05) is 6.92 Å². The van der Waals surface area contributed by atoms with Crippen molar-refractivity contribution in [2.45, 2.75) is 57.6 Å². The maximum absolute atomic E-state index is 11.3. The number of likely N-dealkylation sites (N-methyl/N-ethyl adjacent to an activating group) is 1. The molecule has 0 bridgehead atoms. The van der Waals surface area contributed by atoms with Crippen LogP contribution in [0.25, 0.3) is 0 Å². The predicted octanol–water partition coefficient (Wildman–Crippen LogP) is 1.44. The Labute approximate surface area is 104 Å². The molecule has 0 radical (unpaired) electrons. The predicted molar refractivity (Wildman–Crippen MR) is 68.6 cm³/mol. The number of nitrogens with two attached hydrogens (primary N) is 1. The summed E-state index contributed by atoms with van der Waals surface area (Å²) in [5.74, 6) is 0.518. The molecule has 1 aliphatic carbocycles. The molecular weight excluding hydrogens is 216 g/mol. The van der Waals surface area contributed by atoms with Gasteiger partial charge in [0.2, 0.25) is 5.91 Å². The molecule has 1 saturated carbocycles. The Kier molecular flexibility index (Phi) is 5.40. The summed E-state index contributed by atoms with van der Waals surface area (Å²) in [7, 11) is 1.76. The monoisotopic (exact) mass is 242 g/mol. The van der Waals surface area contributed by atoms with E-state index in [0.717, 1.165) is 18.8 Å². The number of ether oxygens (including phenoxy) is 1. The summed E-state index contributed by atoms with van der Waals surface area (Å²) in [6.45, 7) is 4.71. The van der Waals surface area contributed by atoms with Crippen LogP contribution in [-0.2, 0) is 9.53 Å². The number of nitrogens with one attached hydrogen (secondary N) is 1. The topological polar surface area (TPSA) is 64.3 Å². The third-order valence-corrected chi connectivity index (χ3v) is 4.01. The van der Waals surface area contributed by atoms with Gasteiger partial charge in [-0.15, -0.1) is 0 Å². The molecule has 4 nitrogen and oxygen atoms in total. The normalized spacial score (nSPS) is 28.6. The molecule has 3 N–H and O–H groups in total. The Hall–Kier alpha value is -0.610. The highest BCUT2D eigenvalue weighted by Gasteiger charge is 2.29. The fraction of sp³-hybridized carbons (Fsp3) is 0.923. The largest absolute Gasteiger partial charge is 0.378 e. The summed E-state index contributed by atoms with van der Waals surface area (Å²) in [4.78, 5) is 11.3. The lowest BCUT2D eigenvalue weighted by Gasteiger charge is -2.29. The molecule has 0 saturated heterocycles. The van der Waals surface area contributed by atoms with E-state index in [1.165, 1.54) is 12.8 Å². The van der Waals surface area contributed by atoms with Crippen LogP contribution < -0.4 is 11.1 Å². The van der Waals surface area contributed by atoms with E-state index in [4.69, 9.17) is 10.5 Å². The van der Waals surface area contributed by atoms with E-state index in [2.05, 4.69) is 12.2 Å². The third-order valence-electron chi connectivity index (χ3n) is 4.01. The van der Waals surface area contributed by atoms with Gasteiger partial charge >= 0.3 is 0 Å². The van der Waals surface area contributed by atoms with Crippen molar-refractivity contribution in [3.8, 4) is 0 Å². The van der Waals surface area contributed by atoms with E-state index >= 15 is 0 Å². The van der Waals surface area contributed by atoms with Crippen molar-refractivity contribution in [2.24, 2.45) is 11.7 Å². The fourth-order valence-electron chi connectivity index (χ4n) is 2.20. The van der Waals surface area contributed by atoms with Crippen LogP contribution in [0.3, 0.4) is 0 Å². The van der Waals surface area contributed by atoms with E-state index < -0.39 is 5.54 Å². The van der Waals surface area contributed by atoms with Crippen molar-refractivity contribution in [3.63, 3.8) is 0 Å². The first kappa shape index (κ1) is 14.5. The summed E-state index contributed by atoms with van der Waals surface area (Å²) in [5.41, 5.74) is 4.71. The summed E-state index contributed by atoms with van der Waals surface area (Å²) in [6, 6.07) is 0. The zero-order valence-corrected chi connectivity index (χ0v) is 11.3. The van der Waals surface area contributed by atoms with Gasteiger partial charge in [0, 0.05) is 6.61 Å². The summed E-state index contributed by atoms with van der Waals surface area (Å²) in [5, 5.41) is 2.97. The smallest absolute Gasteiger partial charge is 0.237 e. The SMILES string of the molecule is CNC(C)(CCOC1CCC(C)CC1)C(N)=O. The maximum atomic E-state index is 11.3. The van der Waals surface area contributed by atoms with Crippen LogP contribution in [0, 0.1) is 5.92 Å². The molecule has 100 valence electrons. The Morgan fingerprint density at radius 1 is 1.41 bits per heavy atom. The van der Waals surface area contributed by atoms with Gasteiger partial charge in [-0.25, -0.2) is 0 Å². The van der Waals surface area contributed by atoms with Gasteiger partial charge < -0.3 is 15.8 Å². The number of hydrogen-bond acceptors (Lipinski definition) is 3. The fourth-order valence-corrected chi connectivity index (χ4v) is 2.20. The average Bonchev–Trinajstić information content (AvgIpc) is 2.31. The first-order valence-electron chi connectivity index (χ1n) is 6.58. The van der Waals surface area contributed by atoms with Crippen molar-refractivity contribution in [1.29, 1.82) is 0 Å². The van der Waals surface area contributed by atoms with E-state index in [9.17, 15) is 4.79 Å². The van der Waals surface area contributed by atoms with Crippen LogP contribution in [-0.4, -0.2) is 31.2 Å². The lowest BCUT2D eigenvalue weighted by molar-refractivity contribution is -0.124. The molecule has 0 aromatic carbocycles. The van der Waals surface area contributed by atoms with Gasteiger partial charge in [-0.2, -0.15) is 0 Å². The first-order chi connectivity index (χ1) is 7.98. The molecule has 0 spiro atoms. The molecule has 17 heavy (non-hydrogen) atoms. The quantitative estimate of drug-likeness (QED) is 0.740. The molecule has 0 aliphatic heterocycles. The van der Waals surface area contributed by atoms with Crippen molar-refractivity contribution in [2.75, 3.05) is 13.7 Å². The van der Waals surface area contributed by atoms with Gasteiger partial charge in [0.05, 0.1) is 11.6 Å². The van der Waals surface area contributed by atoms with Crippen molar-refractivity contribution in [1.82, 2.24) is 5.32 Å². The van der Waals surface area contributed by atoms with Gasteiger partial charge in [0.1, 0.15) is 0 Å². The van der Waals surface area contributed by atoms with Gasteiger partial charge in [-0.1, -0.05) is 6.92 Å². The summed E-state index contributed by atoms with van der Waals surface area (Å²) < 4.78 is 5.83. The number of primary amides is 1. The molecule has 0 aromatic heterocycles. The molecule has 4 heteroatoms. The minimum atomic E-state index is -0.651.